The van der Waals surface area contributed by atoms with E-state index in [2.05, 4.69) is 22.0 Å². The molecule has 0 aliphatic carbocycles. The molecule has 0 aromatic heterocycles. The summed E-state index contributed by atoms with van der Waals surface area (Å²) in [5.41, 5.74) is 2.18. The van der Waals surface area contributed by atoms with Gasteiger partial charge in [0.15, 0.2) is 0 Å². The monoisotopic (exact) mass is 401 g/mol. The van der Waals surface area contributed by atoms with Crippen LogP contribution in [-0.2, 0) is 0 Å². The fraction of sp³-hybridized carbons (Fsp3) is 0.409. The zero-order valence-electron chi connectivity index (χ0n) is 16.7. The van der Waals surface area contributed by atoms with Crippen molar-refractivity contribution in [3.8, 4) is 5.75 Å². The molecular formula is C22H28ClN3O2. The maximum Gasteiger partial charge on any atom is 0.255 e. The van der Waals surface area contributed by atoms with Crippen molar-refractivity contribution >= 4 is 28.9 Å². The molecule has 1 amide bonds. The van der Waals surface area contributed by atoms with Crippen LogP contribution in [0.5, 0.6) is 5.75 Å². The third kappa shape index (κ3) is 4.97. The fourth-order valence-corrected chi connectivity index (χ4v) is 3.70. The first-order valence-electron chi connectivity index (χ1n) is 9.81. The zero-order valence-corrected chi connectivity index (χ0v) is 17.5. The summed E-state index contributed by atoms with van der Waals surface area (Å²) in [6, 6.07) is 12.9. The Morgan fingerprint density at radius 1 is 1.14 bits per heavy atom. The molecule has 0 atom stereocenters. The number of hydrogen-bond acceptors (Lipinski definition) is 4. The van der Waals surface area contributed by atoms with Gasteiger partial charge in [-0.05, 0) is 50.7 Å². The molecule has 28 heavy (non-hydrogen) atoms. The van der Waals surface area contributed by atoms with Crippen molar-refractivity contribution in [1.82, 2.24) is 4.90 Å². The highest BCUT2D eigenvalue weighted by atomic mass is 35.5. The van der Waals surface area contributed by atoms with Crippen LogP contribution < -0.4 is 15.0 Å². The number of nitrogens with one attached hydrogen (secondary N) is 1. The van der Waals surface area contributed by atoms with E-state index in [4.69, 9.17) is 16.3 Å². The van der Waals surface area contributed by atoms with Gasteiger partial charge in [-0.2, -0.15) is 0 Å². The number of nitrogens with zero attached hydrogens (tertiary/aromatic N) is 2. The number of amides is 1. The first-order valence-corrected chi connectivity index (χ1v) is 10.2. The maximum atomic E-state index is 12.9. The predicted octanol–water partition coefficient (Wildman–Crippen LogP) is 4.52. The molecule has 0 spiro atoms. The quantitative estimate of drug-likeness (QED) is 0.772. The maximum absolute atomic E-state index is 12.9. The standard InChI is InChI=1S/C22H28ClN3O2/c1-4-25-11-13-26(14-12-25)21-19(23)9-6-10-20(21)24-22(27)17-7-5-8-18(15-17)28-16(2)3/h5-10,15-16H,4,11-14H2,1-3H3,(H,24,27). The van der Waals surface area contributed by atoms with Crippen molar-refractivity contribution < 1.29 is 9.53 Å². The Labute approximate surface area is 172 Å². The summed E-state index contributed by atoms with van der Waals surface area (Å²) >= 11 is 6.52. The Balaban J connectivity index is 1.79. The van der Waals surface area contributed by atoms with Crippen LogP contribution in [-0.4, -0.2) is 49.6 Å². The van der Waals surface area contributed by atoms with E-state index in [0.717, 1.165) is 44.1 Å². The number of halogens is 1. The van der Waals surface area contributed by atoms with Crippen molar-refractivity contribution in [2.24, 2.45) is 0 Å². The van der Waals surface area contributed by atoms with Crippen molar-refractivity contribution in [1.29, 1.82) is 0 Å². The number of carbonyl (C=O) groups excluding carboxylic acids is 1. The third-order valence-corrected chi connectivity index (χ3v) is 5.14. The second-order valence-corrected chi connectivity index (χ2v) is 7.61. The third-order valence-electron chi connectivity index (χ3n) is 4.84. The highest BCUT2D eigenvalue weighted by Gasteiger charge is 2.21. The predicted molar refractivity (Wildman–Crippen MR) is 116 cm³/mol. The van der Waals surface area contributed by atoms with Gasteiger partial charge in [-0.15, -0.1) is 0 Å². The lowest BCUT2D eigenvalue weighted by Gasteiger charge is -2.36. The number of ether oxygens (including phenoxy) is 1. The minimum Gasteiger partial charge on any atom is -0.491 e. The number of hydrogen-bond donors (Lipinski definition) is 1. The molecule has 0 saturated carbocycles. The van der Waals surface area contributed by atoms with Gasteiger partial charge in [-0.3, -0.25) is 4.79 Å². The molecule has 6 heteroatoms. The lowest BCUT2D eigenvalue weighted by molar-refractivity contribution is 0.102. The Kier molecular flexibility index (Phi) is 6.81. The van der Waals surface area contributed by atoms with Crippen LogP contribution in [0, 0.1) is 0 Å². The molecule has 5 nitrogen and oxygen atoms in total. The van der Waals surface area contributed by atoms with Crippen LogP contribution in [0.4, 0.5) is 11.4 Å². The summed E-state index contributed by atoms with van der Waals surface area (Å²) in [6.07, 6.45) is 0.0552. The largest absolute Gasteiger partial charge is 0.491 e. The number of piperazine rings is 1. The zero-order chi connectivity index (χ0) is 20.1. The lowest BCUT2D eigenvalue weighted by atomic mass is 10.1. The Morgan fingerprint density at radius 3 is 2.54 bits per heavy atom. The van der Waals surface area contributed by atoms with E-state index in [1.165, 1.54) is 0 Å². The van der Waals surface area contributed by atoms with E-state index in [0.29, 0.717) is 16.3 Å². The van der Waals surface area contributed by atoms with Crippen LogP contribution in [0.25, 0.3) is 0 Å². The van der Waals surface area contributed by atoms with Gasteiger partial charge in [-0.1, -0.05) is 30.7 Å². The van der Waals surface area contributed by atoms with Gasteiger partial charge in [0.25, 0.3) is 5.91 Å². The second-order valence-electron chi connectivity index (χ2n) is 7.21. The normalized spacial score (nSPS) is 15.0. The van der Waals surface area contributed by atoms with E-state index in [-0.39, 0.29) is 12.0 Å². The number of rotatable bonds is 6. The van der Waals surface area contributed by atoms with E-state index >= 15 is 0 Å². The molecule has 1 aliphatic heterocycles. The molecule has 1 N–H and O–H groups in total. The first kappa shape index (κ1) is 20.5. The minimum absolute atomic E-state index is 0.0552. The average molecular weight is 402 g/mol. The number of carbonyl (C=O) groups is 1. The summed E-state index contributed by atoms with van der Waals surface area (Å²) in [4.78, 5) is 17.5. The van der Waals surface area contributed by atoms with Crippen LogP contribution in [0.2, 0.25) is 5.02 Å². The fourth-order valence-electron chi connectivity index (χ4n) is 3.40. The number of benzene rings is 2. The smallest absolute Gasteiger partial charge is 0.255 e. The van der Waals surface area contributed by atoms with Crippen LogP contribution in [0.1, 0.15) is 31.1 Å². The van der Waals surface area contributed by atoms with Gasteiger partial charge < -0.3 is 19.9 Å². The molecule has 150 valence electrons. The number of para-hydroxylation sites is 1. The summed E-state index contributed by atoms with van der Waals surface area (Å²) in [7, 11) is 0. The molecule has 3 rings (SSSR count). The molecule has 1 fully saturated rings. The summed E-state index contributed by atoms with van der Waals surface area (Å²) in [6.45, 7) is 10.9. The molecule has 1 saturated heterocycles. The van der Waals surface area contributed by atoms with Gasteiger partial charge in [0.1, 0.15) is 5.75 Å². The molecule has 2 aromatic carbocycles. The SMILES string of the molecule is CCN1CCN(c2c(Cl)cccc2NC(=O)c2cccc(OC(C)C)c2)CC1. The van der Waals surface area contributed by atoms with E-state index in [1.54, 1.807) is 12.1 Å². The molecule has 0 bridgehead atoms. The molecular weight excluding hydrogens is 374 g/mol. The van der Waals surface area contributed by atoms with Crippen molar-refractivity contribution in [2.45, 2.75) is 26.9 Å². The molecule has 0 unspecified atom stereocenters. The Bertz CT molecular complexity index is 817. The Morgan fingerprint density at radius 2 is 1.86 bits per heavy atom. The van der Waals surface area contributed by atoms with Crippen molar-refractivity contribution in [3.63, 3.8) is 0 Å². The number of anilines is 2. The van der Waals surface area contributed by atoms with E-state index in [1.807, 2.05) is 44.2 Å². The van der Waals surface area contributed by atoms with E-state index in [9.17, 15) is 4.79 Å². The molecule has 0 radical (unpaired) electrons. The van der Waals surface area contributed by atoms with E-state index < -0.39 is 0 Å². The van der Waals surface area contributed by atoms with Crippen molar-refractivity contribution in [3.05, 3.63) is 53.1 Å². The molecule has 1 aliphatic rings. The molecule has 1 heterocycles. The van der Waals surface area contributed by atoms with Gasteiger partial charge in [-0.25, -0.2) is 0 Å². The Hall–Kier alpha value is -2.24. The summed E-state index contributed by atoms with van der Waals surface area (Å²) in [5, 5.41) is 3.69. The van der Waals surface area contributed by atoms with Gasteiger partial charge in [0, 0.05) is 31.7 Å². The summed E-state index contributed by atoms with van der Waals surface area (Å²) in [5.74, 6) is 0.509. The highest BCUT2D eigenvalue weighted by molar-refractivity contribution is 6.34. The van der Waals surface area contributed by atoms with Gasteiger partial charge in [0.05, 0.1) is 22.5 Å². The molecule has 2 aromatic rings. The topological polar surface area (TPSA) is 44.8 Å². The van der Waals surface area contributed by atoms with Gasteiger partial charge >= 0.3 is 0 Å². The second kappa shape index (κ2) is 9.30. The lowest BCUT2D eigenvalue weighted by Crippen LogP contribution is -2.46. The summed E-state index contributed by atoms with van der Waals surface area (Å²) < 4.78 is 5.70. The van der Waals surface area contributed by atoms with Gasteiger partial charge in [0.2, 0.25) is 0 Å². The number of likely N-dealkylation sites (N-methyl/N-ethyl adjacent to an activating group) is 1. The van der Waals surface area contributed by atoms with Crippen LogP contribution in [0.15, 0.2) is 42.5 Å². The first-order chi connectivity index (χ1) is 13.5. The minimum atomic E-state index is -0.176. The van der Waals surface area contributed by atoms with Crippen molar-refractivity contribution in [2.75, 3.05) is 42.9 Å². The van der Waals surface area contributed by atoms with Crippen LogP contribution >= 0.6 is 11.6 Å². The average Bonchev–Trinajstić information content (AvgIpc) is 2.68. The highest BCUT2D eigenvalue weighted by Crippen LogP contribution is 2.35. The van der Waals surface area contributed by atoms with Crippen LogP contribution in [0.3, 0.4) is 0 Å².